The van der Waals surface area contributed by atoms with Crippen LogP contribution >= 0.6 is 0 Å². The first-order valence-electron chi connectivity index (χ1n) is 7.15. The Morgan fingerprint density at radius 2 is 1.94 bits per heavy atom. The van der Waals surface area contributed by atoms with Gasteiger partial charge in [0.2, 0.25) is 5.91 Å². The molecule has 2 fully saturated rings. The monoisotopic (exact) mass is 253 g/mol. The molecule has 18 heavy (non-hydrogen) atoms. The summed E-state index contributed by atoms with van der Waals surface area (Å²) in [5.41, 5.74) is -0.0462. The Morgan fingerprint density at radius 1 is 1.28 bits per heavy atom. The van der Waals surface area contributed by atoms with Gasteiger partial charge in [-0.05, 0) is 30.1 Å². The maximum Gasteiger partial charge on any atom is 0.229 e. The largest absolute Gasteiger partial charge is 0.380 e. The molecule has 1 aliphatic heterocycles. The van der Waals surface area contributed by atoms with Crippen LogP contribution in [0.4, 0.5) is 0 Å². The van der Waals surface area contributed by atoms with Crippen LogP contribution in [0.2, 0.25) is 0 Å². The number of hydrogen-bond acceptors (Lipinski definition) is 2. The van der Waals surface area contributed by atoms with Crippen molar-refractivity contribution in [1.82, 2.24) is 5.32 Å². The van der Waals surface area contributed by atoms with Gasteiger partial charge in [0.1, 0.15) is 0 Å². The van der Waals surface area contributed by atoms with E-state index in [0.717, 1.165) is 13.0 Å². The second-order valence-electron chi connectivity index (χ2n) is 7.48. The average Bonchev–Trinajstić information content (AvgIpc) is 2.72. The minimum Gasteiger partial charge on any atom is -0.380 e. The van der Waals surface area contributed by atoms with Crippen LogP contribution in [-0.2, 0) is 9.53 Å². The number of hydrogen-bond donors (Lipinski definition) is 1. The summed E-state index contributed by atoms with van der Waals surface area (Å²) in [7, 11) is 0. The van der Waals surface area contributed by atoms with E-state index >= 15 is 0 Å². The summed E-state index contributed by atoms with van der Waals surface area (Å²) >= 11 is 0. The molecule has 1 heterocycles. The molecule has 1 aliphatic carbocycles. The van der Waals surface area contributed by atoms with E-state index in [-0.39, 0.29) is 16.7 Å². The van der Waals surface area contributed by atoms with Crippen LogP contribution in [0.3, 0.4) is 0 Å². The maximum atomic E-state index is 12.6. The average molecular weight is 253 g/mol. The van der Waals surface area contributed by atoms with Crippen molar-refractivity contribution in [2.24, 2.45) is 16.2 Å². The lowest BCUT2D eigenvalue weighted by Gasteiger charge is -2.42. The van der Waals surface area contributed by atoms with Gasteiger partial charge in [-0.25, -0.2) is 0 Å². The summed E-state index contributed by atoms with van der Waals surface area (Å²) in [5.74, 6) is 0.195. The highest BCUT2D eigenvalue weighted by molar-refractivity contribution is 5.84. The number of nitrogens with one attached hydrogen (secondary N) is 1. The van der Waals surface area contributed by atoms with E-state index < -0.39 is 0 Å². The van der Waals surface area contributed by atoms with E-state index in [4.69, 9.17) is 4.74 Å². The van der Waals surface area contributed by atoms with Gasteiger partial charge < -0.3 is 10.1 Å². The summed E-state index contributed by atoms with van der Waals surface area (Å²) in [6.45, 7) is 10.8. The first-order chi connectivity index (χ1) is 8.29. The number of ether oxygens (including phenoxy) is 1. The van der Waals surface area contributed by atoms with E-state index in [1.54, 1.807) is 0 Å². The first kappa shape index (κ1) is 13.9. The Labute approximate surface area is 111 Å². The van der Waals surface area contributed by atoms with Crippen molar-refractivity contribution in [1.29, 1.82) is 0 Å². The molecule has 0 aromatic carbocycles. The van der Waals surface area contributed by atoms with Crippen LogP contribution in [-0.4, -0.2) is 25.7 Å². The van der Waals surface area contributed by atoms with Gasteiger partial charge in [-0.1, -0.05) is 34.1 Å². The third-order valence-corrected chi connectivity index (χ3v) is 5.13. The van der Waals surface area contributed by atoms with Gasteiger partial charge in [0.25, 0.3) is 0 Å². The summed E-state index contributed by atoms with van der Waals surface area (Å²) in [6, 6.07) is 0. The molecule has 1 saturated carbocycles. The zero-order valence-electron chi connectivity index (χ0n) is 12.3. The van der Waals surface area contributed by atoms with Gasteiger partial charge >= 0.3 is 0 Å². The topological polar surface area (TPSA) is 38.3 Å². The van der Waals surface area contributed by atoms with Crippen LogP contribution in [0.25, 0.3) is 0 Å². The van der Waals surface area contributed by atoms with Crippen LogP contribution in [0.1, 0.15) is 53.4 Å². The number of carbonyl (C=O) groups excluding carboxylic acids is 1. The summed E-state index contributed by atoms with van der Waals surface area (Å²) < 4.78 is 5.52. The quantitative estimate of drug-likeness (QED) is 0.840. The van der Waals surface area contributed by atoms with Crippen molar-refractivity contribution >= 4 is 5.91 Å². The zero-order chi connectivity index (χ0) is 13.4. The van der Waals surface area contributed by atoms with Crippen molar-refractivity contribution in [3.8, 4) is 0 Å². The molecule has 3 nitrogen and oxygen atoms in total. The first-order valence-corrected chi connectivity index (χ1v) is 7.15. The van der Waals surface area contributed by atoms with Crippen LogP contribution in [0.15, 0.2) is 0 Å². The molecule has 1 atom stereocenters. The molecule has 1 saturated heterocycles. The number of rotatable bonds is 3. The molecule has 3 heteroatoms. The maximum absolute atomic E-state index is 12.6. The fourth-order valence-electron chi connectivity index (χ4n) is 3.10. The molecule has 1 N–H and O–H groups in total. The minimum atomic E-state index is -0.340. The predicted molar refractivity (Wildman–Crippen MR) is 72.3 cm³/mol. The molecule has 104 valence electrons. The standard InChI is InChI=1S/C15H27NO2/c1-13(2,3)15(8-9-18-11-15)12(17)16-10-14(4)6-5-7-14/h5-11H2,1-4H3,(H,16,17). The lowest BCUT2D eigenvalue weighted by molar-refractivity contribution is -0.138. The van der Waals surface area contributed by atoms with Gasteiger partial charge in [0.05, 0.1) is 12.0 Å². The highest BCUT2D eigenvalue weighted by Gasteiger charge is 2.51. The molecule has 2 aliphatic rings. The van der Waals surface area contributed by atoms with E-state index in [1.807, 2.05) is 0 Å². The van der Waals surface area contributed by atoms with Crippen molar-refractivity contribution in [3.05, 3.63) is 0 Å². The fraction of sp³-hybridized carbons (Fsp3) is 0.933. The predicted octanol–water partition coefficient (Wildman–Crippen LogP) is 2.75. The van der Waals surface area contributed by atoms with Crippen LogP contribution in [0, 0.1) is 16.2 Å². The molecule has 1 amide bonds. The zero-order valence-corrected chi connectivity index (χ0v) is 12.3. The molecule has 2 rings (SSSR count). The Balaban J connectivity index is 2.01. The van der Waals surface area contributed by atoms with Gasteiger partial charge in [-0.2, -0.15) is 0 Å². The van der Waals surface area contributed by atoms with Crippen molar-refractivity contribution in [3.63, 3.8) is 0 Å². The lowest BCUT2D eigenvalue weighted by Crippen LogP contribution is -2.52. The fourth-order valence-corrected chi connectivity index (χ4v) is 3.10. The van der Waals surface area contributed by atoms with Gasteiger partial charge in [0.15, 0.2) is 0 Å². The third kappa shape index (κ3) is 2.29. The minimum absolute atomic E-state index is 0.0475. The Hall–Kier alpha value is -0.570. The lowest BCUT2D eigenvalue weighted by atomic mass is 9.65. The Kier molecular flexibility index (Phi) is 3.48. The van der Waals surface area contributed by atoms with E-state index in [0.29, 0.717) is 18.6 Å². The Bertz CT molecular complexity index is 320. The summed E-state index contributed by atoms with van der Waals surface area (Å²) in [5, 5.41) is 3.20. The second-order valence-corrected chi connectivity index (χ2v) is 7.48. The second kappa shape index (κ2) is 4.52. The molecule has 0 radical (unpaired) electrons. The third-order valence-electron chi connectivity index (χ3n) is 5.13. The van der Waals surface area contributed by atoms with Gasteiger partial charge in [0, 0.05) is 13.2 Å². The number of carbonyl (C=O) groups is 1. The van der Waals surface area contributed by atoms with Crippen LogP contribution < -0.4 is 5.32 Å². The van der Waals surface area contributed by atoms with Crippen LogP contribution in [0.5, 0.6) is 0 Å². The van der Waals surface area contributed by atoms with E-state index in [1.165, 1.54) is 19.3 Å². The van der Waals surface area contributed by atoms with Crippen molar-refractivity contribution in [2.75, 3.05) is 19.8 Å². The normalized spacial score (nSPS) is 30.9. The highest BCUT2D eigenvalue weighted by Crippen LogP contribution is 2.46. The SMILES string of the molecule is CC1(CNC(=O)C2(C(C)(C)C)CCOC2)CCC1. The summed E-state index contributed by atoms with van der Waals surface area (Å²) in [4.78, 5) is 12.6. The number of amides is 1. The van der Waals surface area contributed by atoms with Crippen molar-refractivity contribution in [2.45, 2.75) is 53.4 Å². The Morgan fingerprint density at radius 3 is 2.33 bits per heavy atom. The van der Waals surface area contributed by atoms with Gasteiger partial charge in [-0.15, -0.1) is 0 Å². The van der Waals surface area contributed by atoms with Crippen molar-refractivity contribution < 1.29 is 9.53 Å². The molecule has 0 bridgehead atoms. The molecule has 0 aromatic rings. The summed E-state index contributed by atoms with van der Waals surface area (Å²) in [6.07, 6.45) is 4.64. The van der Waals surface area contributed by atoms with Gasteiger partial charge in [-0.3, -0.25) is 4.79 Å². The molecular weight excluding hydrogens is 226 g/mol. The van der Waals surface area contributed by atoms with E-state index in [9.17, 15) is 4.79 Å². The smallest absolute Gasteiger partial charge is 0.229 e. The molecular formula is C15H27NO2. The molecule has 0 spiro atoms. The molecule has 1 unspecified atom stereocenters. The van der Waals surface area contributed by atoms with E-state index in [2.05, 4.69) is 33.0 Å². The highest BCUT2D eigenvalue weighted by atomic mass is 16.5. The molecule has 0 aromatic heterocycles.